The van der Waals surface area contributed by atoms with Crippen LogP contribution in [0.3, 0.4) is 0 Å². The Morgan fingerprint density at radius 2 is 1.90 bits per heavy atom. The van der Waals surface area contributed by atoms with Crippen molar-refractivity contribution < 1.29 is 27.9 Å². The molecule has 1 aliphatic heterocycles. The molecule has 29 heavy (non-hydrogen) atoms. The number of nitrogens with one attached hydrogen (secondary N) is 2. The van der Waals surface area contributed by atoms with Crippen LogP contribution in [0.25, 0.3) is 0 Å². The number of carbonyl (C=O) groups excluding carboxylic acids is 3. The van der Waals surface area contributed by atoms with E-state index in [-0.39, 0.29) is 11.4 Å². The van der Waals surface area contributed by atoms with E-state index < -0.39 is 36.5 Å². The third kappa shape index (κ3) is 3.28. The quantitative estimate of drug-likeness (QED) is 0.754. The molecule has 1 aliphatic carbocycles. The Morgan fingerprint density at radius 1 is 1.17 bits per heavy atom. The standard InChI is InChI=1S/C20H17F2N3O4/c21-18(22)29-15-8-4-3-7-14(15)23-16(26)11-25-17(27)20(24-19(25)28)10-9-12-5-1-2-6-13(12)20/h1-8,18H,9-11H2,(H,23,26)(H,24,28)/t20-/m0/s1. The number of para-hydroxylation sites is 2. The van der Waals surface area contributed by atoms with Gasteiger partial charge in [0.1, 0.15) is 17.8 Å². The van der Waals surface area contributed by atoms with E-state index in [4.69, 9.17) is 0 Å². The molecule has 1 atom stereocenters. The Balaban J connectivity index is 1.50. The molecule has 2 aliphatic rings. The van der Waals surface area contributed by atoms with Gasteiger partial charge in [0, 0.05) is 0 Å². The van der Waals surface area contributed by atoms with E-state index in [1.165, 1.54) is 24.3 Å². The Kier molecular flexibility index (Phi) is 4.65. The second-order valence-corrected chi connectivity index (χ2v) is 6.81. The normalized spacial score (nSPS) is 20.2. The molecule has 2 N–H and O–H groups in total. The van der Waals surface area contributed by atoms with Crippen LogP contribution in [0, 0.1) is 0 Å². The first kappa shape index (κ1) is 18.9. The van der Waals surface area contributed by atoms with Crippen molar-refractivity contribution in [2.75, 3.05) is 11.9 Å². The second kappa shape index (κ2) is 7.16. The van der Waals surface area contributed by atoms with Crippen molar-refractivity contribution in [1.29, 1.82) is 0 Å². The molecule has 7 nitrogen and oxygen atoms in total. The highest BCUT2D eigenvalue weighted by Crippen LogP contribution is 2.41. The van der Waals surface area contributed by atoms with Crippen LogP contribution in [0.2, 0.25) is 0 Å². The van der Waals surface area contributed by atoms with Crippen LogP contribution in [0.1, 0.15) is 17.5 Å². The molecule has 0 aromatic heterocycles. The number of halogens is 2. The number of imide groups is 1. The van der Waals surface area contributed by atoms with E-state index in [0.29, 0.717) is 12.8 Å². The van der Waals surface area contributed by atoms with Crippen molar-refractivity contribution in [3.8, 4) is 5.75 Å². The fourth-order valence-corrected chi connectivity index (χ4v) is 3.84. The van der Waals surface area contributed by atoms with Crippen molar-refractivity contribution in [2.24, 2.45) is 0 Å². The van der Waals surface area contributed by atoms with Gasteiger partial charge in [-0.2, -0.15) is 8.78 Å². The van der Waals surface area contributed by atoms with Crippen molar-refractivity contribution in [2.45, 2.75) is 25.0 Å². The van der Waals surface area contributed by atoms with Crippen molar-refractivity contribution in [3.63, 3.8) is 0 Å². The second-order valence-electron chi connectivity index (χ2n) is 6.81. The topological polar surface area (TPSA) is 87.7 Å². The number of aryl methyl sites for hydroxylation is 1. The lowest BCUT2D eigenvalue weighted by molar-refractivity contribution is -0.134. The van der Waals surface area contributed by atoms with E-state index in [1.807, 2.05) is 12.1 Å². The van der Waals surface area contributed by atoms with E-state index in [2.05, 4.69) is 15.4 Å². The van der Waals surface area contributed by atoms with Crippen LogP contribution in [0.15, 0.2) is 48.5 Å². The van der Waals surface area contributed by atoms with Gasteiger partial charge in [-0.15, -0.1) is 0 Å². The van der Waals surface area contributed by atoms with Crippen LogP contribution in [0.4, 0.5) is 19.3 Å². The molecule has 1 heterocycles. The summed E-state index contributed by atoms with van der Waals surface area (Å²) >= 11 is 0. The Hall–Kier alpha value is -3.49. The number of hydrogen-bond donors (Lipinski definition) is 2. The van der Waals surface area contributed by atoms with Crippen molar-refractivity contribution >= 4 is 23.5 Å². The number of anilines is 1. The maximum atomic E-state index is 13.0. The zero-order valence-electron chi connectivity index (χ0n) is 15.2. The van der Waals surface area contributed by atoms with Gasteiger partial charge >= 0.3 is 12.6 Å². The Bertz CT molecular complexity index is 997. The summed E-state index contributed by atoms with van der Waals surface area (Å²) < 4.78 is 29.4. The van der Waals surface area contributed by atoms with Gasteiger partial charge in [0.25, 0.3) is 5.91 Å². The molecule has 0 radical (unpaired) electrons. The number of ether oxygens (including phenoxy) is 1. The number of benzene rings is 2. The largest absolute Gasteiger partial charge is 0.433 e. The summed E-state index contributed by atoms with van der Waals surface area (Å²) in [7, 11) is 0. The molecule has 0 bridgehead atoms. The third-order valence-corrected chi connectivity index (χ3v) is 5.10. The lowest BCUT2D eigenvalue weighted by Gasteiger charge is -2.22. The van der Waals surface area contributed by atoms with Crippen LogP contribution >= 0.6 is 0 Å². The number of nitrogens with zero attached hydrogens (tertiary/aromatic N) is 1. The molecule has 2 aromatic rings. The van der Waals surface area contributed by atoms with Gasteiger partial charge in [-0.05, 0) is 36.1 Å². The minimum atomic E-state index is -3.05. The summed E-state index contributed by atoms with van der Waals surface area (Å²) in [6.45, 7) is -3.60. The van der Waals surface area contributed by atoms with Gasteiger partial charge in [-0.1, -0.05) is 36.4 Å². The van der Waals surface area contributed by atoms with E-state index in [9.17, 15) is 23.2 Å². The predicted molar refractivity (Wildman–Crippen MR) is 98.4 cm³/mol. The zero-order chi connectivity index (χ0) is 20.6. The molecular formula is C20H17F2N3O4. The summed E-state index contributed by atoms with van der Waals surface area (Å²) in [6, 6.07) is 12.4. The number of alkyl halides is 2. The molecule has 0 unspecified atom stereocenters. The maximum Gasteiger partial charge on any atom is 0.387 e. The molecule has 1 saturated heterocycles. The smallest absolute Gasteiger partial charge is 0.387 e. The lowest BCUT2D eigenvalue weighted by atomic mass is 9.92. The first-order chi connectivity index (χ1) is 13.9. The van der Waals surface area contributed by atoms with Crippen LogP contribution < -0.4 is 15.4 Å². The zero-order valence-corrected chi connectivity index (χ0v) is 15.2. The number of amides is 4. The highest BCUT2D eigenvalue weighted by Gasteiger charge is 2.55. The van der Waals surface area contributed by atoms with Crippen LogP contribution in [0.5, 0.6) is 5.75 Å². The SMILES string of the molecule is O=C(CN1C(=O)N[C@]2(CCc3ccccc32)C1=O)Nc1ccccc1OC(F)F. The van der Waals surface area contributed by atoms with E-state index in [1.54, 1.807) is 12.1 Å². The summed E-state index contributed by atoms with van der Waals surface area (Å²) in [4.78, 5) is 38.7. The third-order valence-electron chi connectivity index (χ3n) is 5.10. The average molecular weight is 401 g/mol. The Morgan fingerprint density at radius 3 is 2.69 bits per heavy atom. The average Bonchev–Trinajstić information content (AvgIpc) is 3.17. The number of urea groups is 1. The van der Waals surface area contributed by atoms with Gasteiger partial charge < -0.3 is 15.4 Å². The lowest BCUT2D eigenvalue weighted by Crippen LogP contribution is -2.43. The van der Waals surface area contributed by atoms with Gasteiger partial charge in [0.05, 0.1) is 5.69 Å². The number of carbonyl (C=O) groups is 3. The monoisotopic (exact) mass is 401 g/mol. The molecule has 150 valence electrons. The molecule has 1 spiro atoms. The van der Waals surface area contributed by atoms with Crippen LogP contribution in [-0.4, -0.2) is 35.9 Å². The van der Waals surface area contributed by atoms with Gasteiger partial charge in [0.2, 0.25) is 5.91 Å². The summed E-state index contributed by atoms with van der Waals surface area (Å²) in [5, 5.41) is 5.14. The molecule has 1 fully saturated rings. The Labute approximate surface area is 164 Å². The minimum absolute atomic E-state index is 0.0192. The number of rotatable bonds is 5. The molecule has 4 amide bonds. The van der Waals surface area contributed by atoms with E-state index in [0.717, 1.165) is 16.0 Å². The van der Waals surface area contributed by atoms with Crippen molar-refractivity contribution in [3.05, 3.63) is 59.7 Å². The first-order valence-corrected chi connectivity index (χ1v) is 8.97. The van der Waals surface area contributed by atoms with Gasteiger partial charge in [0.15, 0.2) is 0 Å². The highest BCUT2D eigenvalue weighted by molar-refractivity contribution is 6.11. The molecule has 2 aromatic carbocycles. The minimum Gasteiger partial charge on any atom is -0.433 e. The summed E-state index contributed by atoms with van der Waals surface area (Å²) in [5.41, 5.74) is 0.568. The van der Waals surface area contributed by atoms with Crippen LogP contribution in [-0.2, 0) is 21.5 Å². The fraction of sp³-hybridized carbons (Fsp3) is 0.250. The van der Waals surface area contributed by atoms with Crippen molar-refractivity contribution in [1.82, 2.24) is 10.2 Å². The fourth-order valence-electron chi connectivity index (χ4n) is 3.84. The predicted octanol–water partition coefficient (Wildman–Crippen LogP) is 2.62. The summed E-state index contributed by atoms with van der Waals surface area (Å²) in [6.07, 6.45) is 1.06. The molecular weight excluding hydrogens is 384 g/mol. The summed E-state index contributed by atoms with van der Waals surface area (Å²) in [5.74, 6) is -1.42. The number of fused-ring (bicyclic) bond motifs is 2. The van der Waals surface area contributed by atoms with E-state index >= 15 is 0 Å². The van der Waals surface area contributed by atoms with Gasteiger partial charge in [-0.3, -0.25) is 14.5 Å². The molecule has 4 rings (SSSR count). The maximum absolute atomic E-state index is 13.0. The van der Waals surface area contributed by atoms with Gasteiger partial charge in [-0.25, -0.2) is 4.79 Å². The number of hydrogen-bond acceptors (Lipinski definition) is 4. The first-order valence-electron chi connectivity index (χ1n) is 8.97. The molecule has 0 saturated carbocycles. The molecule has 9 heteroatoms. The highest BCUT2D eigenvalue weighted by atomic mass is 19.3.